The molecule has 0 aromatic carbocycles. The van der Waals surface area contributed by atoms with Crippen molar-refractivity contribution in [3.05, 3.63) is 0 Å². The maximum absolute atomic E-state index is 5.62. The highest BCUT2D eigenvalue weighted by Gasteiger charge is 2.35. The Hall–Kier alpha value is -0.0800. The average Bonchev–Trinajstić information content (AvgIpc) is 3.06. The minimum absolute atomic E-state index is 0.879. The average molecular weight is 210 g/mol. The Bertz CT molecular complexity index is 181. The van der Waals surface area contributed by atoms with E-state index in [2.05, 4.69) is 11.8 Å². The van der Waals surface area contributed by atoms with Crippen molar-refractivity contribution in [1.82, 2.24) is 4.90 Å². The lowest BCUT2D eigenvalue weighted by molar-refractivity contribution is 0.113. The van der Waals surface area contributed by atoms with Gasteiger partial charge in [-0.1, -0.05) is 6.92 Å². The van der Waals surface area contributed by atoms with E-state index in [1.807, 2.05) is 0 Å². The first-order valence-electron chi connectivity index (χ1n) is 6.79. The van der Waals surface area contributed by atoms with E-state index in [1.54, 1.807) is 0 Å². The van der Waals surface area contributed by atoms with E-state index in [0.717, 1.165) is 24.4 Å². The molecule has 2 N–H and O–H groups in total. The second-order valence-corrected chi connectivity index (χ2v) is 5.37. The molecule has 1 aliphatic carbocycles. The molecule has 88 valence electrons. The van der Waals surface area contributed by atoms with Crippen LogP contribution < -0.4 is 5.73 Å². The highest BCUT2D eigenvalue weighted by atomic mass is 15.2. The molecule has 1 unspecified atom stereocenters. The normalized spacial score (nSPS) is 26.8. The van der Waals surface area contributed by atoms with Gasteiger partial charge in [0.25, 0.3) is 0 Å². The van der Waals surface area contributed by atoms with E-state index in [1.165, 1.54) is 51.6 Å². The maximum Gasteiger partial charge on any atom is 0.0121 e. The molecule has 15 heavy (non-hydrogen) atoms. The zero-order valence-electron chi connectivity index (χ0n) is 10.1. The number of nitrogens with zero attached hydrogens (tertiary/aromatic N) is 1. The van der Waals surface area contributed by atoms with Gasteiger partial charge in [0, 0.05) is 6.04 Å². The van der Waals surface area contributed by atoms with Gasteiger partial charge >= 0.3 is 0 Å². The summed E-state index contributed by atoms with van der Waals surface area (Å²) in [6.45, 7) is 5.90. The Kier molecular flexibility index (Phi) is 4.04. The summed E-state index contributed by atoms with van der Waals surface area (Å²) in [5, 5.41) is 0. The first-order chi connectivity index (χ1) is 7.35. The highest BCUT2D eigenvalue weighted by molar-refractivity contribution is 4.89. The smallest absolute Gasteiger partial charge is 0.0121 e. The summed E-state index contributed by atoms with van der Waals surface area (Å²) in [6.07, 6.45) is 8.35. The van der Waals surface area contributed by atoms with Crippen LogP contribution in [0.3, 0.4) is 0 Å². The van der Waals surface area contributed by atoms with Crippen LogP contribution in [0.1, 0.15) is 45.4 Å². The van der Waals surface area contributed by atoms with Crippen molar-refractivity contribution in [1.29, 1.82) is 0 Å². The Morgan fingerprint density at radius 1 is 1.20 bits per heavy atom. The van der Waals surface area contributed by atoms with Crippen LogP contribution >= 0.6 is 0 Å². The standard InChI is InChI=1S/C13H26N2/c1-2-13(12-3-4-12)15-9-6-11(5-8-14)7-10-15/h11-13H,2-10,14H2,1H3. The SMILES string of the molecule is CCC(C1CC1)N1CCC(CCN)CC1. The number of likely N-dealkylation sites (tertiary alicyclic amines) is 1. The van der Waals surface area contributed by atoms with Gasteiger partial charge in [0.15, 0.2) is 0 Å². The molecule has 2 heteroatoms. The highest BCUT2D eigenvalue weighted by Crippen LogP contribution is 2.38. The molecule has 2 aliphatic rings. The van der Waals surface area contributed by atoms with Gasteiger partial charge in [0.05, 0.1) is 0 Å². The van der Waals surface area contributed by atoms with Gasteiger partial charge in [-0.25, -0.2) is 0 Å². The fourth-order valence-corrected chi connectivity index (χ4v) is 3.18. The molecule has 2 nitrogen and oxygen atoms in total. The van der Waals surface area contributed by atoms with Crippen LogP contribution in [0, 0.1) is 11.8 Å². The molecule has 0 aromatic heterocycles. The molecule has 0 aromatic rings. The molecule has 1 aliphatic heterocycles. The third-order valence-corrected chi connectivity index (χ3v) is 4.28. The van der Waals surface area contributed by atoms with Gasteiger partial charge in [-0.15, -0.1) is 0 Å². The van der Waals surface area contributed by atoms with Crippen molar-refractivity contribution >= 4 is 0 Å². The first kappa shape index (κ1) is 11.4. The zero-order chi connectivity index (χ0) is 10.7. The largest absolute Gasteiger partial charge is 0.330 e. The summed E-state index contributed by atoms with van der Waals surface area (Å²) in [4.78, 5) is 2.75. The monoisotopic (exact) mass is 210 g/mol. The first-order valence-corrected chi connectivity index (χ1v) is 6.79. The van der Waals surface area contributed by atoms with Crippen LogP contribution in [0.25, 0.3) is 0 Å². The van der Waals surface area contributed by atoms with Gasteiger partial charge in [-0.05, 0) is 70.0 Å². The summed E-state index contributed by atoms with van der Waals surface area (Å²) in [5.74, 6) is 1.96. The summed E-state index contributed by atoms with van der Waals surface area (Å²) in [7, 11) is 0. The fraction of sp³-hybridized carbons (Fsp3) is 1.00. The minimum Gasteiger partial charge on any atom is -0.330 e. The summed E-state index contributed by atoms with van der Waals surface area (Å²) < 4.78 is 0. The molecular formula is C13H26N2. The molecular weight excluding hydrogens is 184 g/mol. The molecule has 1 heterocycles. The summed E-state index contributed by atoms with van der Waals surface area (Å²) >= 11 is 0. The fourth-order valence-electron chi connectivity index (χ4n) is 3.18. The number of hydrogen-bond donors (Lipinski definition) is 1. The third kappa shape index (κ3) is 2.94. The predicted molar refractivity (Wildman–Crippen MR) is 64.8 cm³/mol. The predicted octanol–water partition coefficient (Wildman–Crippen LogP) is 2.24. The molecule has 0 amide bonds. The number of nitrogens with two attached hydrogens (primary N) is 1. The van der Waals surface area contributed by atoms with Crippen LogP contribution in [0.4, 0.5) is 0 Å². The van der Waals surface area contributed by atoms with Crippen LogP contribution in [-0.2, 0) is 0 Å². The van der Waals surface area contributed by atoms with Crippen LogP contribution in [0.5, 0.6) is 0 Å². The lowest BCUT2D eigenvalue weighted by Gasteiger charge is -2.37. The molecule has 0 radical (unpaired) electrons. The molecule has 1 atom stereocenters. The van der Waals surface area contributed by atoms with Crippen molar-refractivity contribution in [2.75, 3.05) is 19.6 Å². The Morgan fingerprint density at radius 3 is 2.33 bits per heavy atom. The quantitative estimate of drug-likeness (QED) is 0.754. The molecule has 2 rings (SSSR count). The van der Waals surface area contributed by atoms with Crippen molar-refractivity contribution in [3.8, 4) is 0 Å². The topological polar surface area (TPSA) is 29.3 Å². The van der Waals surface area contributed by atoms with Gasteiger partial charge < -0.3 is 10.6 Å². The number of piperidine rings is 1. The van der Waals surface area contributed by atoms with Crippen molar-refractivity contribution in [3.63, 3.8) is 0 Å². The van der Waals surface area contributed by atoms with Gasteiger partial charge in [0.1, 0.15) is 0 Å². The Morgan fingerprint density at radius 2 is 1.87 bits per heavy atom. The molecule has 0 spiro atoms. The van der Waals surface area contributed by atoms with Gasteiger partial charge in [0.2, 0.25) is 0 Å². The van der Waals surface area contributed by atoms with Gasteiger partial charge in [-0.2, -0.15) is 0 Å². The Labute approximate surface area is 94.2 Å². The van der Waals surface area contributed by atoms with Gasteiger partial charge in [-0.3, -0.25) is 0 Å². The second kappa shape index (κ2) is 5.31. The zero-order valence-corrected chi connectivity index (χ0v) is 10.1. The second-order valence-electron chi connectivity index (χ2n) is 5.37. The molecule has 1 saturated heterocycles. The number of hydrogen-bond acceptors (Lipinski definition) is 2. The summed E-state index contributed by atoms with van der Waals surface area (Å²) in [6, 6.07) is 0.906. The molecule has 2 fully saturated rings. The van der Waals surface area contributed by atoms with E-state index in [4.69, 9.17) is 5.73 Å². The van der Waals surface area contributed by atoms with E-state index >= 15 is 0 Å². The van der Waals surface area contributed by atoms with Crippen molar-refractivity contribution in [2.45, 2.75) is 51.5 Å². The molecule has 0 bridgehead atoms. The lowest BCUT2D eigenvalue weighted by Crippen LogP contribution is -2.42. The third-order valence-electron chi connectivity index (χ3n) is 4.28. The van der Waals surface area contributed by atoms with E-state index < -0.39 is 0 Å². The van der Waals surface area contributed by atoms with E-state index in [0.29, 0.717) is 0 Å². The van der Waals surface area contributed by atoms with Crippen molar-refractivity contribution in [2.24, 2.45) is 17.6 Å². The molecule has 1 saturated carbocycles. The van der Waals surface area contributed by atoms with Crippen LogP contribution in [-0.4, -0.2) is 30.6 Å². The lowest BCUT2D eigenvalue weighted by atomic mass is 9.92. The van der Waals surface area contributed by atoms with Crippen LogP contribution in [0.15, 0.2) is 0 Å². The minimum atomic E-state index is 0.879. The van der Waals surface area contributed by atoms with E-state index in [-0.39, 0.29) is 0 Å². The number of rotatable bonds is 5. The maximum atomic E-state index is 5.62. The van der Waals surface area contributed by atoms with Crippen molar-refractivity contribution < 1.29 is 0 Å². The Balaban J connectivity index is 1.76. The summed E-state index contributed by atoms with van der Waals surface area (Å²) in [5.41, 5.74) is 5.62. The van der Waals surface area contributed by atoms with E-state index in [9.17, 15) is 0 Å². The van der Waals surface area contributed by atoms with Crippen LogP contribution in [0.2, 0.25) is 0 Å².